The number of carboxylic acid groups (broad SMARTS) is 1. The molecule has 0 amide bonds. The monoisotopic (exact) mass is 497 g/mol. The highest BCUT2D eigenvalue weighted by atomic mass is 32.2. The minimum atomic E-state index is -0.994. The number of anilines is 1. The molecule has 36 heavy (non-hydrogen) atoms. The molecule has 0 aliphatic carbocycles. The van der Waals surface area contributed by atoms with Crippen LogP contribution in [-0.2, 0) is 17.8 Å². The number of carboxylic acids is 1. The lowest BCUT2D eigenvalue weighted by atomic mass is 10.00. The molecule has 6 heteroatoms. The molecule has 1 atom stereocenters. The summed E-state index contributed by atoms with van der Waals surface area (Å²) in [5.41, 5.74) is 3.40. The van der Waals surface area contributed by atoms with Crippen LogP contribution >= 0.6 is 11.8 Å². The third-order valence-electron chi connectivity index (χ3n) is 5.76. The van der Waals surface area contributed by atoms with Gasteiger partial charge in [0.15, 0.2) is 5.78 Å². The van der Waals surface area contributed by atoms with Crippen LogP contribution in [0, 0.1) is 0 Å². The van der Waals surface area contributed by atoms with Crippen LogP contribution < -0.4 is 10.1 Å². The van der Waals surface area contributed by atoms with Gasteiger partial charge in [0.1, 0.15) is 18.4 Å². The zero-order chi connectivity index (χ0) is 25.3. The van der Waals surface area contributed by atoms with Crippen LogP contribution in [0.4, 0.5) is 5.69 Å². The van der Waals surface area contributed by atoms with Gasteiger partial charge in [-0.1, -0.05) is 66.7 Å². The number of hydrogen-bond acceptors (Lipinski definition) is 5. The molecule has 0 heterocycles. The largest absolute Gasteiger partial charge is 0.489 e. The van der Waals surface area contributed by atoms with E-state index in [1.807, 2.05) is 48.7 Å². The van der Waals surface area contributed by atoms with Crippen molar-refractivity contribution in [3.63, 3.8) is 0 Å². The first-order valence-corrected chi connectivity index (χ1v) is 12.8. The maximum absolute atomic E-state index is 13.0. The van der Waals surface area contributed by atoms with Crippen molar-refractivity contribution in [3.05, 3.63) is 125 Å². The highest BCUT2D eigenvalue weighted by molar-refractivity contribution is 7.98. The molecule has 0 unspecified atom stereocenters. The van der Waals surface area contributed by atoms with Crippen molar-refractivity contribution in [2.45, 2.75) is 24.0 Å². The fourth-order valence-electron chi connectivity index (χ4n) is 3.79. The molecule has 0 spiro atoms. The molecule has 0 aliphatic rings. The van der Waals surface area contributed by atoms with Gasteiger partial charge in [-0.05, 0) is 53.8 Å². The number of hydrogen-bond donors (Lipinski definition) is 2. The summed E-state index contributed by atoms with van der Waals surface area (Å²) >= 11 is 1.70. The molecule has 2 N–H and O–H groups in total. The van der Waals surface area contributed by atoms with Crippen molar-refractivity contribution in [1.82, 2.24) is 0 Å². The molecular formula is C30H27NO4S. The number of nitrogens with one attached hydrogen (secondary N) is 1. The van der Waals surface area contributed by atoms with Gasteiger partial charge < -0.3 is 15.2 Å². The quantitative estimate of drug-likeness (QED) is 0.186. The molecule has 182 valence electrons. The van der Waals surface area contributed by atoms with Crippen molar-refractivity contribution in [3.8, 4) is 5.75 Å². The molecule has 4 aromatic rings. The standard InChI is InChI=1S/C30H27NO4S/c1-36-25-17-13-22(14-18-25)20-35-24-15-11-21(12-16-24)19-28(30(33)34)31-27-10-6-5-9-26(27)29(32)23-7-3-2-4-8-23/h2-18,28,31H,19-20H2,1H3,(H,33,34)/t28-/m0/s1. The second-order valence-electron chi connectivity index (χ2n) is 8.26. The van der Waals surface area contributed by atoms with E-state index >= 15 is 0 Å². The van der Waals surface area contributed by atoms with Crippen LogP contribution in [-0.4, -0.2) is 29.2 Å². The van der Waals surface area contributed by atoms with E-state index in [1.165, 1.54) is 4.90 Å². The number of carbonyl (C=O) groups excluding carboxylic acids is 1. The summed E-state index contributed by atoms with van der Waals surface area (Å²) in [6.07, 6.45) is 2.29. The number of thioether (sulfide) groups is 1. The summed E-state index contributed by atoms with van der Waals surface area (Å²) in [4.78, 5) is 26.3. The molecule has 4 aromatic carbocycles. The van der Waals surface area contributed by atoms with Gasteiger partial charge >= 0.3 is 5.97 Å². The summed E-state index contributed by atoms with van der Waals surface area (Å²) in [5, 5.41) is 12.9. The summed E-state index contributed by atoms with van der Waals surface area (Å²) < 4.78 is 5.88. The van der Waals surface area contributed by atoms with Gasteiger partial charge in [0, 0.05) is 28.1 Å². The van der Waals surface area contributed by atoms with Gasteiger partial charge in [0.25, 0.3) is 0 Å². The fraction of sp³-hybridized carbons (Fsp3) is 0.133. The normalized spacial score (nSPS) is 11.5. The first kappa shape index (κ1) is 25.1. The Kier molecular flexibility index (Phi) is 8.42. The maximum atomic E-state index is 13.0. The Morgan fingerprint density at radius 2 is 1.47 bits per heavy atom. The van der Waals surface area contributed by atoms with E-state index in [-0.39, 0.29) is 12.2 Å². The van der Waals surface area contributed by atoms with Gasteiger partial charge in [-0.3, -0.25) is 4.79 Å². The lowest BCUT2D eigenvalue weighted by molar-refractivity contribution is -0.137. The van der Waals surface area contributed by atoms with E-state index in [4.69, 9.17) is 4.74 Å². The number of ether oxygens (including phenoxy) is 1. The highest BCUT2D eigenvalue weighted by Gasteiger charge is 2.21. The van der Waals surface area contributed by atoms with E-state index < -0.39 is 12.0 Å². The molecule has 0 radical (unpaired) electrons. The smallest absolute Gasteiger partial charge is 0.326 e. The van der Waals surface area contributed by atoms with Crippen molar-refractivity contribution < 1.29 is 19.4 Å². The van der Waals surface area contributed by atoms with Crippen molar-refractivity contribution >= 4 is 29.2 Å². The zero-order valence-electron chi connectivity index (χ0n) is 19.9. The number of para-hydroxylation sites is 1. The number of benzene rings is 4. The van der Waals surface area contributed by atoms with E-state index in [0.29, 0.717) is 29.2 Å². The summed E-state index contributed by atoms with van der Waals surface area (Å²) in [5.74, 6) is -0.440. The molecule has 0 aliphatic heterocycles. The van der Waals surface area contributed by atoms with Crippen LogP contribution in [0.1, 0.15) is 27.0 Å². The molecule has 0 saturated carbocycles. The molecule has 0 saturated heterocycles. The van der Waals surface area contributed by atoms with Crippen LogP contribution in [0.2, 0.25) is 0 Å². The predicted octanol–water partition coefficient (Wildman–Crippen LogP) is 6.33. The number of aliphatic carboxylic acids is 1. The summed E-state index contributed by atoms with van der Waals surface area (Å²) in [7, 11) is 0. The van der Waals surface area contributed by atoms with Gasteiger partial charge in [0.05, 0.1) is 0 Å². The van der Waals surface area contributed by atoms with Gasteiger partial charge in [-0.15, -0.1) is 11.8 Å². The van der Waals surface area contributed by atoms with E-state index in [2.05, 4.69) is 17.4 Å². The van der Waals surface area contributed by atoms with Gasteiger partial charge in [-0.2, -0.15) is 0 Å². The van der Waals surface area contributed by atoms with Crippen molar-refractivity contribution in [1.29, 1.82) is 0 Å². The molecule has 4 rings (SSSR count). The van der Waals surface area contributed by atoms with Gasteiger partial charge in [0.2, 0.25) is 0 Å². The molecule has 0 fully saturated rings. The zero-order valence-corrected chi connectivity index (χ0v) is 20.7. The van der Waals surface area contributed by atoms with Crippen LogP contribution in [0.5, 0.6) is 5.75 Å². The van der Waals surface area contributed by atoms with E-state index in [9.17, 15) is 14.7 Å². The third-order valence-corrected chi connectivity index (χ3v) is 6.51. The Bertz CT molecular complexity index is 1310. The molecule has 0 bridgehead atoms. The molecule has 5 nitrogen and oxygen atoms in total. The average molecular weight is 498 g/mol. The molecular weight excluding hydrogens is 470 g/mol. The van der Waals surface area contributed by atoms with Crippen LogP contribution in [0.25, 0.3) is 0 Å². The molecule has 0 aromatic heterocycles. The minimum absolute atomic E-state index is 0.160. The highest BCUT2D eigenvalue weighted by Crippen LogP contribution is 2.22. The average Bonchev–Trinajstić information content (AvgIpc) is 2.93. The van der Waals surface area contributed by atoms with Gasteiger partial charge in [-0.25, -0.2) is 4.79 Å². The minimum Gasteiger partial charge on any atom is -0.489 e. The summed E-state index contributed by atoms with van der Waals surface area (Å²) in [6.45, 7) is 0.458. The number of carbonyl (C=O) groups is 2. The fourth-order valence-corrected chi connectivity index (χ4v) is 4.19. The SMILES string of the molecule is CSc1ccc(COc2ccc(C[C@H](Nc3ccccc3C(=O)c3ccccc3)C(=O)O)cc2)cc1. The number of rotatable bonds is 11. The maximum Gasteiger partial charge on any atom is 0.326 e. The predicted molar refractivity (Wildman–Crippen MR) is 144 cm³/mol. The Balaban J connectivity index is 1.42. The Morgan fingerprint density at radius 1 is 0.833 bits per heavy atom. The lowest BCUT2D eigenvalue weighted by Gasteiger charge is -2.18. The second-order valence-corrected chi connectivity index (χ2v) is 9.14. The lowest BCUT2D eigenvalue weighted by Crippen LogP contribution is -2.32. The van der Waals surface area contributed by atoms with Crippen molar-refractivity contribution in [2.24, 2.45) is 0 Å². The van der Waals surface area contributed by atoms with E-state index in [1.54, 1.807) is 60.3 Å². The number of ketones is 1. The third kappa shape index (κ3) is 6.55. The Labute approximate surface area is 215 Å². The Morgan fingerprint density at radius 3 is 2.14 bits per heavy atom. The first-order valence-electron chi connectivity index (χ1n) is 11.6. The van der Waals surface area contributed by atoms with Crippen molar-refractivity contribution in [2.75, 3.05) is 11.6 Å². The topological polar surface area (TPSA) is 75.6 Å². The van der Waals surface area contributed by atoms with Crippen LogP contribution in [0.15, 0.2) is 108 Å². The Hall–Kier alpha value is -4.03. The van der Waals surface area contributed by atoms with Crippen LogP contribution in [0.3, 0.4) is 0 Å². The summed E-state index contributed by atoms with van der Waals surface area (Å²) in [6, 6.07) is 30.7. The van der Waals surface area contributed by atoms with E-state index in [0.717, 1.165) is 11.1 Å². The second kappa shape index (κ2) is 12.1. The first-order chi connectivity index (χ1) is 17.5.